The summed E-state index contributed by atoms with van der Waals surface area (Å²) in [6.07, 6.45) is 19.5. The normalized spacial score (nSPS) is 22.5. The fourth-order valence-electron chi connectivity index (χ4n) is 10.7. The van der Waals surface area contributed by atoms with E-state index in [0.29, 0.717) is 71.2 Å². The summed E-state index contributed by atoms with van der Waals surface area (Å²) >= 11 is 0. The van der Waals surface area contributed by atoms with E-state index in [1.807, 2.05) is 30.7 Å². The van der Waals surface area contributed by atoms with Crippen LogP contribution < -0.4 is 30.5 Å². The van der Waals surface area contributed by atoms with Crippen molar-refractivity contribution in [1.82, 2.24) is 44.9 Å². The summed E-state index contributed by atoms with van der Waals surface area (Å²) in [5, 5.41) is 28.1. The molecule has 3 saturated heterocycles. The predicted molar refractivity (Wildman–Crippen MR) is 250 cm³/mol. The number of imide groups is 1. The zero-order chi connectivity index (χ0) is 46.2. The van der Waals surface area contributed by atoms with Crippen LogP contribution in [0.4, 0.5) is 21.6 Å². The van der Waals surface area contributed by atoms with Gasteiger partial charge in [-0.1, -0.05) is 6.92 Å². The first kappa shape index (κ1) is 44.2. The Labute approximate surface area is 389 Å². The van der Waals surface area contributed by atoms with E-state index >= 15 is 4.39 Å². The summed E-state index contributed by atoms with van der Waals surface area (Å²) in [6.45, 7) is 6.61. The standard InChI is InChI=1S/C49H58FN13O4/c1-3-49(48(66)55-34-5-4-6-34)15-17-61(18-16-49)43-13-7-31(26-52-43)45-46-32(25-51)27-54-63(46)30-40(57-45)33-28-53-62(29-33)36-10-8-35(9-11-36)59-19-21-60(22-20-59)41-24-42(67-2)39(23-37(41)50)56-38-12-14-44(64)58-47(38)65/h7,13,23-24,26-30,34-36,38,56H,3-6,8-12,14-22H2,1-2H3,(H,55,66)(H,58,64,65)/t35-,36-,38-/m0/s1. The molecule has 5 aromatic rings. The van der Waals surface area contributed by atoms with Crippen molar-refractivity contribution in [1.29, 1.82) is 5.26 Å². The first-order chi connectivity index (χ1) is 32.6. The smallest absolute Gasteiger partial charge is 0.249 e. The highest BCUT2D eigenvalue weighted by Gasteiger charge is 2.41. The summed E-state index contributed by atoms with van der Waals surface area (Å²) in [7, 11) is 1.52. The number of ether oxygens (including phenoxy) is 1. The minimum Gasteiger partial charge on any atom is -0.495 e. The number of nitriles is 1. The van der Waals surface area contributed by atoms with Gasteiger partial charge in [0.05, 0.1) is 59.9 Å². The van der Waals surface area contributed by atoms with Crippen LogP contribution in [0, 0.1) is 22.6 Å². The molecule has 3 N–H and O–H groups in total. The van der Waals surface area contributed by atoms with E-state index in [9.17, 15) is 19.6 Å². The maximum atomic E-state index is 15.6. The zero-order valence-electron chi connectivity index (χ0n) is 38.2. The van der Waals surface area contributed by atoms with Crippen molar-refractivity contribution >= 4 is 40.4 Å². The number of amides is 3. The molecule has 2 saturated carbocycles. The molecule has 1 aromatic carbocycles. The molecule has 0 bridgehead atoms. The molecule has 5 fully saturated rings. The van der Waals surface area contributed by atoms with Gasteiger partial charge in [0, 0.05) is 93.4 Å². The van der Waals surface area contributed by atoms with Gasteiger partial charge in [-0.25, -0.2) is 18.9 Å². The maximum Gasteiger partial charge on any atom is 0.249 e. The molecule has 5 aliphatic rings. The molecule has 10 rings (SSSR count). The van der Waals surface area contributed by atoms with E-state index in [-0.39, 0.29) is 29.7 Å². The molecule has 350 valence electrons. The van der Waals surface area contributed by atoms with Crippen LogP contribution in [0.15, 0.2) is 55.2 Å². The number of nitrogens with one attached hydrogen (secondary N) is 3. The lowest BCUT2D eigenvalue weighted by Crippen LogP contribution is -2.52. The number of piperazine rings is 1. The van der Waals surface area contributed by atoms with Crippen LogP contribution in [0.1, 0.15) is 95.6 Å². The number of fused-ring (bicyclic) bond motifs is 1. The van der Waals surface area contributed by atoms with Crippen molar-refractivity contribution in [3.05, 3.63) is 66.6 Å². The third kappa shape index (κ3) is 8.76. The summed E-state index contributed by atoms with van der Waals surface area (Å²) in [5.41, 5.74) is 4.52. The van der Waals surface area contributed by atoms with Gasteiger partial charge in [-0.2, -0.15) is 15.5 Å². The average Bonchev–Trinajstić information content (AvgIpc) is 4.02. The Morgan fingerprint density at radius 3 is 2.37 bits per heavy atom. The van der Waals surface area contributed by atoms with Crippen LogP contribution in [0.2, 0.25) is 0 Å². The second kappa shape index (κ2) is 18.6. The minimum atomic E-state index is -0.644. The number of nitrogens with zero attached hydrogens (tertiary/aromatic N) is 10. The summed E-state index contributed by atoms with van der Waals surface area (Å²) < 4.78 is 25.0. The van der Waals surface area contributed by atoms with E-state index in [2.05, 4.69) is 59.6 Å². The second-order valence-corrected chi connectivity index (χ2v) is 18.9. The highest BCUT2D eigenvalue weighted by molar-refractivity contribution is 6.01. The van der Waals surface area contributed by atoms with Gasteiger partial charge in [0.2, 0.25) is 17.7 Å². The molecular weight excluding hydrogens is 854 g/mol. The Morgan fingerprint density at radius 1 is 0.925 bits per heavy atom. The molecule has 18 heteroatoms. The van der Waals surface area contributed by atoms with E-state index in [1.54, 1.807) is 16.8 Å². The van der Waals surface area contributed by atoms with Crippen LogP contribution in [-0.4, -0.2) is 116 Å². The molecule has 4 aromatic heterocycles. The number of anilines is 3. The van der Waals surface area contributed by atoms with Crippen molar-refractivity contribution < 1.29 is 23.5 Å². The van der Waals surface area contributed by atoms with Gasteiger partial charge in [-0.15, -0.1) is 0 Å². The van der Waals surface area contributed by atoms with Gasteiger partial charge in [-0.05, 0) is 82.8 Å². The maximum absolute atomic E-state index is 15.6. The molecule has 7 heterocycles. The number of carbonyl (C=O) groups excluding carboxylic acids is 3. The molecule has 3 amide bonds. The highest BCUT2D eigenvalue weighted by atomic mass is 19.1. The third-order valence-corrected chi connectivity index (χ3v) is 15.2. The fourth-order valence-corrected chi connectivity index (χ4v) is 10.7. The lowest BCUT2D eigenvalue weighted by Gasteiger charge is -2.42. The highest BCUT2D eigenvalue weighted by Crippen LogP contribution is 2.39. The van der Waals surface area contributed by atoms with Crippen molar-refractivity contribution in [3.63, 3.8) is 0 Å². The number of hydrogen-bond acceptors (Lipinski definition) is 13. The van der Waals surface area contributed by atoms with E-state index in [1.165, 1.54) is 19.6 Å². The zero-order valence-corrected chi connectivity index (χ0v) is 38.2. The Balaban J connectivity index is 0.763. The lowest BCUT2D eigenvalue weighted by atomic mass is 9.74. The Morgan fingerprint density at radius 2 is 1.70 bits per heavy atom. The van der Waals surface area contributed by atoms with Gasteiger partial charge in [0.1, 0.15) is 40.6 Å². The van der Waals surface area contributed by atoms with Crippen LogP contribution >= 0.6 is 0 Å². The average molecular weight is 912 g/mol. The molecule has 2 aliphatic carbocycles. The van der Waals surface area contributed by atoms with E-state index in [4.69, 9.17) is 19.8 Å². The number of piperidine rings is 2. The second-order valence-electron chi connectivity index (χ2n) is 18.9. The van der Waals surface area contributed by atoms with Gasteiger partial charge < -0.3 is 25.2 Å². The molecule has 1 atom stereocenters. The minimum absolute atomic E-state index is 0.208. The van der Waals surface area contributed by atoms with E-state index in [0.717, 1.165) is 101 Å². The molecule has 0 radical (unpaired) electrons. The molecule has 0 unspecified atom stereocenters. The number of benzene rings is 1. The Bertz CT molecular complexity index is 2680. The van der Waals surface area contributed by atoms with Crippen molar-refractivity contribution in [3.8, 4) is 34.3 Å². The van der Waals surface area contributed by atoms with Crippen LogP contribution in [0.3, 0.4) is 0 Å². The number of aromatic nitrogens is 6. The van der Waals surface area contributed by atoms with Crippen molar-refractivity contribution in [2.24, 2.45) is 5.41 Å². The molecule has 67 heavy (non-hydrogen) atoms. The molecule has 17 nitrogen and oxygen atoms in total. The predicted octanol–water partition coefficient (Wildman–Crippen LogP) is 5.86. The number of pyridine rings is 1. The van der Waals surface area contributed by atoms with Gasteiger partial charge in [0.25, 0.3) is 0 Å². The van der Waals surface area contributed by atoms with Crippen molar-refractivity contribution in [2.45, 2.75) is 108 Å². The van der Waals surface area contributed by atoms with Crippen LogP contribution in [-0.2, 0) is 14.4 Å². The number of methoxy groups -OCH3 is 1. The summed E-state index contributed by atoms with van der Waals surface area (Å²) in [4.78, 5) is 54.1. The quantitative estimate of drug-likeness (QED) is 0.126. The van der Waals surface area contributed by atoms with E-state index < -0.39 is 17.8 Å². The lowest BCUT2D eigenvalue weighted by molar-refractivity contribution is -0.134. The van der Waals surface area contributed by atoms with Crippen LogP contribution in [0.5, 0.6) is 5.75 Å². The number of rotatable bonds is 12. The molecule has 3 aliphatic heterocycles. The summed E-state index contributed by atoms with van der Waals surface area (Å²) in [5.74, 6) is 0.381. The molecular formula is C49H58FN13O4. The summed E-state index contributed by atoms with van der Waals surface area (Å²) in [6, 6.07) is 9.73. The van der Waals surface area contributed by atoms with Crippen molar-refractivity contribution in [2.75, 3.05) is 61.5 Å². The fraction of sp³-hybridized carbons (Fsp3) is 0.510. The van der Waals surface area contributed by atoms with Gasteiger partial charge in [-0.3, -0.25) is 29.3 Å². The first-order valence-electron chi connectivity index (χ1n) is 23.9. The van der Waals surface area contributed by atoms with Gasteiger partial charge in [0.15, 0.2) is 0 Å². The first-order valence-corrected chi connectivity index (χ1v) is 23.9. The van der Waals surface area contributed by atoms with Gasteiger partial charge >= 0.3 is 0 Å². The van der Waals surface area contributed by atoms with Crippen LogP contribution in [0.25, 0.3) is 28.0 Å². The number of carbonyl (C=O) groups is 3. The number of halogens is 1. The SMILES string of the molecule is CCC1(C(=O)NC2CCC2)CCN(c2ccc(-c3nc(-c4cnn([C@H]5CC[C@H](N6CCN(c7cc(OC)c(N[C@H]8CCC(=O)NC8=O)cc7F)CC6)CC5)c4)cn4ncc(C#N)c34)cn2)CC1. The monoisotopic (exact) mass is 911 g/mol. The topological polar surface area (TPSA) is 191 Å². The third-order valence-electron chi connectivity index (χ3n) is 15.2. The number of hydrogen-bond donors (Lipinski definition) is 3. The Hall–Kier alpha value is -6.61. The Kier molecular flexibility index (Phi) is 12.3. The molecule has 0 spiro atoms. The largest absolute Gasteiger partial charge is 0.495 e.